The van der Waals surface area contributed by atoms with Gasteiger partial charge in [0.25, 0.3) is 0 Å². The SMILES string of the molecule is COCC(N)C(=O)NC1CCOc2ccccc21. The average Bonchev–Trinajstić information content (AvgIpc) is 2.39. The fourth-order valence-electron chi connectivity index (χ4n) is 2.03. The van der Waals surface area contributed by atoms with E-state index >= 15 is 0 Å². The first kappa shape index (κ1) is 12.9. The van der Waals surface area contributed by atoms with E-state index in [1.165, 1.54) is 7.11 Å². The van der Waals surface area contributed by atoms with Crippen LogP contribution in [-0.4, -0.2) is 32.3 Å². The number of carbonyl (C=O) groups excluding carboxylic acids is 1. The van der Waals surface area contributed by atoms with Gasteiger partial charge in [-0.05, 0) is 6.07 Å². The van der Waals surface area contributed by atoms with Gasteiger partial charge in [0.1, 0.15) is 11.8 Å². The second kappa shape index (κ2) is 5.84. The van der Waals surface area contributed by atoms with Crippen LogP contribution in [0.5, 0.6) is 5.75 Å². The molecule has 1 aliphatic heterocycles. The maximum absolute atomic E-state index is 11.9. The molecule has 1 amide bonds. The number of amides is 1. The first-order chi connectivity index (χ1) is 8.72. The molecule has 1 heterocycles. The lowest BCUT2D eigenvalue weighted by atomic mass is 10.0. The number of rotatable bonds is 4. The van der Waals surface area contributed by atoms with Crippen LogP contribution in [0.1, 0.15) is 18.0 Å². The predicted molar refractivity (Wildman–Crippen MR) is 67.3 cm³/mol. The molecule has 0 radical (unpaired) electrons. The molecule has 18 heavy (non-hydrogen) atoms. The largest absolute Gasteiger partial charge is 0.493 e. The number of benzene rings is 1. The summed E-state index contributed by atoms with van der Waals surface area (Å²) in [4.78, 5) is 11.9. The molecule has 0 saturated heterocycles. The Bertz CT molecular complexity index is 422. The van der Waals surface area contributed by atoms with Crippen molar-refractivity contribution < 1.29 is 14.3 Å². The van der Waals surface area contributed by atoms with E-state index in [1.807, 2.05) is 24.3 Å². The van der Waals surface area contributed by atoms with Crippen LogP contribution in [0.3, 0.4) is 0 Å². The number of para-hydroxylation sites is 1. The molecule has 1 aliphatic rings. The number of carbonyl (C=O) groups is 1. The Morgan fingerprint density at radius 2 is 2.39 bits per heavy atom. The highest BCUT2D eigenvalue weighted by Gasteiger charge is 2.24. The Morgan fingerprint density at radius 3 is 3.17 bits per heavy atom. The van der Waals surface area contributed by atoms with Crippen molar-refractivity contribution in [1.82, 2.24) is 5.32 Å². The molecule has 0 bridgehead atoms. The lowest BCUT2D eigenvalue weighted by molar-refractivity contribution is -0.124. The number of methoxy groups -OCH3 is 1. The van der Waals surface area contributed by atoms with Crippen LogP contribution in [0.2, 0.25) is 0 Å². The van der Waals surface area contributed by atoms with Crippen molar-refractivity contribution in [2.24, 2.45) is 5.73 Å². The highest BCUT2D eigenvalue weighted by Crippen LogP contribution is 2.31. The van der Waals surface area contributed by atoms with Crippen molar-refractivity contribution in [1.29, 1.82) is 0 Å². The van der Waals surface area contributed by atoms with Gasteiger partial charge in [-0.25, -0.2) is 0 Å². The van der Waals surface area contributed by atoms with Crippen LogP contribution in [0, 0.1) is 0 Å². The molecule has 5 heteroatoms. The van der Waals surface area contributed by atoms with Gasteiger partial charge in [-0.2, -0.15) is 0 Å². The highest BCUT2D eigenvalue weighted by molar-refractivity contribution is 5.82. The third kappa shape index (κ3) is 2.80. The van der Waals surface area contributed by atoms with Crippen LogP contribution in [0.25, 0.3) is 0 Å². The summed E-state index contributed by atoms with van der Waals surface area (Å²) in [7, 11) is 1.52. The molecule has 0 spiro atoms. The molecule has 1 aromatic carbocycles. The van der Waals surface area contributed by atoms with E-state index in [9.17, 15) is 4.79 Å². The van der Waals surface area contributed by atoms with E-state index in [4.69, 9.17) is 15.2 Å². The smallest absolute Gasteiger partial charge is 0.239 e. The van der Waals surface area contributed by atoms with Gasteiger partial charge in [0.2, 0.25) is 5.91 Å². The molecule has 0 aliphatic carbocycles. The first-order valence-electron chi connectivity index (χ1n) is 5.99. The Labute approximate surface area is 106 Å². The third-order valence-electron chi connectivity index (χ3n) is 2.96. The molecular weight excluding hydrogens is 232 g/mol. The maximum atomic E-state index is 11.9. The Morgan fingerprint density at radius 1 is 1.61 bits per heavy atom. The summed E-state index contributed by atoms with van der Waals surface area (Å²) >= 11 is 0. The number of hydrogen-bond donors (Lipinski definition) is 2. The summed E-state index contributed by atoms with van der Waals surface area (Å²) < 4.78 is 10.4. The number of fused-ring (bicyclic) bond motifs is 1. The lowest BCUT2D eigenvalue weighted by Gasteiger charge is -2.27. The Kier molecular flexibility index (Phi) is 4.17. The minimum absolute atomic E-state index is 0.0367. The highest BCUT2D eigenvalue weighted by atomic mass is 16.5. The van der Waals surface area contributed by atoms with Crippen molar-refractivity contribution in [2.75, 3.05) is 20.3 Å². The lowest BCUT2D eigenvalue weighted by Crippen LogP contribution is -2.45. The molecule has 3 N–H and O–H groups in total. The summed E-state index contributed by atoms with van der Waals surface area (Å²) in [6.45, 7) is 0.818. The van der Waals surface area contributed by atoms with E-state index in [1.54, 1.807) is 0 Å². The number of hydrogen-bond acceptors (Lipinski definition) is 4. The van der Waals surface area contributed by atoms with Crippen LogP contribution >= 0.6 is 0 Å². The number of nitrogens with two attached hydrogens (primary N) is 1. The minimum atomic E-state index is -0.634. The van der Waals surface area contributed by atoms with Gasteiger partial charge in [0.15, 0.2) is 0 Å². The van der Waals surface area contributed by atoms with Crippen molar-refractivity contribution in [3.05, 3.63) is 29.8 Å². The van der Waals surface area contributed by atoms with Gasteiger partial charge >= 0.3 is 0 Å². The fraction of sp³-hybridized carbons (Fsp3) is 0.462. The zero-order chi connectivity index (χ0) is 13.0. The summed E-state index contributed by atoms with van der Waals surface area (Å²) in [5.41, 5.74) is 6.70. The van der Waals surface area contributed by atoms with Crippen LogP contribution < -0.4 is 15.8 Å². The Hall–Kier alpha value is -1.59. The fourth-order valence-corrected chi connectivity index (χ4v) is 2.03. The van der Waals surface area contributed by atoms with Gasteiger partial charge in [-0.3, -0.25) is 4.79 Å². The van der Waals surface area contributed by atoms with Crippen LogP contribution in [0.15, 0.2) is 24.3 Å². The van der Waals surface area contributed by atoms with Crippen molar-refractivity contribution in [3.8, 4) is 5.75 Å². The first-order valence-corrected chi connectivity index (χ1v) is 5.99. The van der Waals surface area contributed by atoms with Crippen LogP contribution in [-0.2, 0) is 9.53 Å². The van der Waals surface area contributed by atoms with Gasteiger partial charge in [-0.15, -0.1) is 0 Å². The standard InChI is InChI=1S/C13H18N2O3/c1-17-8-10(14)13(16)15-11-6-7-18-12-5-3-2-4-9(11)12/h2-5,10-11H,6-8,14H2,1H3,(H,15,16). The molecule has 0 fully saturated rings. The second-order valence-corrected chi connectivity index (χ2v) is 4.30. The second-order valence-electron chi connectivity index (χ2n) is 4.30. The summed E-state index contributed by atoms with van der Waals surface area (Å²) in [6, 6.07) is 7.04. The molecule has 2 unspecified atom stereocenters. The van der Waals surface area contributed by atoms with E-state index in [2.05, 4.69) is 5.32 Å². The summed E-state index contributed by atoms with van der Waals surface area (Å²) in [5.74, 6) is 0.632. The van der Waals surface area contributed by atoms with Gasteiger partial charge in [-0.1, -0.05) is 18.2 Å². The molecule has 5 nitrogen and oxygen atoms in total. The van der Waals surface area contributed by atoms with E-state index in [0.29, 0.717) is 6.61 Å². The molecule has 1 aromatic rings. The summed E-state index contributed by atoms with van der Waals surface area (Å²) in [6.07, 6.45) is 0.752. The van der Waals surface area contributed by atoms with Crippen molar-refractivity contribution in [2.45, 2.75) is 18.5 Å². The van der Waals surface area contributed by atoms with E-state index in [0.717, 1.165) is 17.7 Å². The van der Waals surface area contributed by atoms with E-state index < -0.39 is 6.04 Å². The molecular formula is C13H18N2O3. The zero-order valence-corrected chi connectivity index (χ0v) is 10.4. The topological polar surface area (TPSA) is 73.6 Å². The quantitative estimate of drug-likeness (QED) is 0.820. The number of ether oxygens (including phenoxy) is 2. The molecule has 2 atom stereocenters. The van der Waals surface area contributed by atoms with Gasteiger partial charge in [0.05, 0.1) is 19.3 Å². The van der Waals surface area contributed by atoms with Crippen molar-refractivity contribution >= 4 is 5.91 Å². The molecule has 0 aromatic heterocycles. The maximum Gasteiger partial charge on any atom is 0.239 e. The minimum Gasteiger partial charge on any atom is -0.493 e. The Balaban J connectivity index is 2.05. The number of nitrogens with one attached hydrogen (secondary N) is 1. The predicted octanol–water partition coefficient (Wildman–Crippen LogP) is 0.600. The van der Waals surface area contributed by atoms with Gasteiger partial charge in [0, 0.05) is 19.1 Å². The van der Waals surface area contributed by atoms with E-state index in [-0.39, 0.29) is 18.6 Å². The molecule has 98 valence electrons. The zero-order valence-electron chi connectivity index (χ0n) is 10.4. The summed E-state index contributed by atoms with van der Waals surface area (Å²) in [5, 5.41) is 2.94. The van der Waals surface area contributed by atoms with Crippen LogP contribution in [0.4, 0.5) is 0 Å². The third-order valence-corrected chi connectivity index (χ3v) is 2.96. The monoisotopic (exact) mass is 250 g/mol. The van der Waals surface area contributed by atoms with Crippen molar-refractivity contribution in [3.63, 3.8) is 0 Å². The molecule has 2 rings (SSSR count). The molecule has 0 saturated carbocycles. The normalized spacial score (nSPS) is 19.6. The van der Waals surface area contributed by atoms with Gasteiger partial charge < -0.3 is 20.5 Å². The average molecular weight is 250 g/mol.